The molecule has 0 aliphatic carbocycles. The minimum absolute atomic E-state index is 0.0419. The summed E-state index contributed by atoms with van der Waals surface area (Å²) in [6, 6.07) is 0. The van der Waals surface area contributed by atoms with Crippen LogP contribution >= 0.6 is 0 Å². The molecular weight excluding hydrogens is 182 g/mol. The van der Waals surface area contributed by atoms with Gasteiger partial charge in [-0.2, -0.15) is 0 Å². The van der Waals surface area contributed by atoms with E-state index < -0.39 is 0 Å². The minimum atomic E-state index is -0.324. The fourth-order valence-corrected chi connectivity index (χ4v) is 2.14. The van der Waals surface area contributed by atoms with Crippen LogP contribution in [0.2, 0.25) is 0 Å². The number of aliphatic hydroxyl groups excluding tert-OH is 1. The van der Waals surface area contributed by atoms with Gasteiger partial charge >= 0.3 is 0 Å². The maximum Gasteiger partial charge on any atom is 0.228 e. The van der Waals surface area contributed by atoms with Gasteiger partial charge in [0, 0.05) is 19.7 Å². The van der Waals surface area contributed by atoms with E-state index in [0.717, 1.165) is 25.8 Å². The highest BCUT2D eigenvalue weighted by atomic mass is 16.5. The Kier molecular flexibility index (Phi) is 3.03. The molecule has 0 spiro atoms. The highest BCUT2D eigenvalue weighted by Gasteiger charge is 2.30. The zero-order valence-corrected chi connectivity index (χ0v) is 8.32. The lowest BCUT2D eigenvalue weighted by Crippen LogP contribution is -2.45. The van der Waals surface area contributed by atoms with Crippen molar-refractivity contribution >= 4 is 5.91 Å². The third kappa shape index (κ3) is 2.07. The molecule has 4 nitrogen and oxygen atoms in total. The second-order valence-corrected chi connectivity index (χ2v) is 4.14. The lowest BCUT2D eigenvalue weighted by atomic mass is 10.0. The quantitative estimate of drug-likeness (QED) is 0.647. The molecule has 2 aliphatic rings. The summed E-state index contributed by atoms with van der Waals surface area (Å²) < 4.78 is 5.19. The molecule has 0 aromatic carbocycles. The van der Waals surface area contributed by atoms with E-state index in [1.54, 1.807) is 4.90 Å². The van der Waals surface area contributed by atoms with Crippen molar-refractivity contribution in [1.82, 2.24) is 4.90 Å². The fourth-order valence-electron chi connectivity index (χ4n) is 2.14. The summed E-state index contributed by atoms with van der Waals surface area (Å²) in [7, 11) is 0. The van der Waals surface area contributed by atoms with Crippen LogP contribution in [0.15, 0.2) is 0 Å². The third-order valence-corrected chi connectivity index (χ3v) is 2.99. The smallest absolute Gasteiger partial charge is 0.228 e. The number of likely N-dealkylation sites (tertiary alicyclic amines) is 1. The number of aliphatic hydroxyl groups is 1. The van der Waals surface area contributed by atoms with Crippen LogP contribution in [-0.2, 0) is 9.53 Å². The standard InChI is InChI=1S/C10H17NO3/c12-9-2-1-4-11(6-9)10(13)8-3-5-14-7-8/h8-9,12H,1-7H2. The number of carbonyl (C=O) groups is 1. The molecule has 1 amide bonds. The van der Waals surface area contributed by atoms with E-state index in [4.69, 9.17) is 4.74 Å². The highest BCUT2D eigenvalue weighted by molar-refractivity contribution is 5.79. The van der Waals surface area contributed by atoms with Gasteiger partial charge in [0.05, 0.1) is 18.6 Å². The Morgan fingerprint density at radius 1 is 1.43 bits per heavy atom. The maximum atomic E-state index is 11.9. The minimum Gasteiger partial charge on any atom is -0.391 e. The molecule has 2 atom stereocenters. The Morgan fingerprint density at radius 2 is 2.29 bits per heavy atom. The predicted molar refractivity (Wildman–Crippen MR) is 50.7 cm³/mol. The SMILES string of the molecule is O=C(C1CCOC1)N1CCCC(O)C1. The number of hydrogen-bond donors (Lipinski definition) is 1. The first-order chi connectivity index (χ1) is 6.77. The zero-order valence-electron chi connectivity index (χ0n) is 8.32. The van der Waals surface area contributed by atoms with Gasteiger partial charge in [-0.25, -0.2) is 0 Å². The summed E-state index contributed by atoms with van der Waals surface area (Å²) in [6.45, 7) is 2.57. The van der Waals surface area contributed by atoms with Crippen LogP contribution in [0.4, 0.5) is 0 Å². The van der Waals surface area contributed by atoms with Gasteiger partial charge in [0.2, 0.25) is 5.91 Å². The molecular formula is C10H17NO3. The number of piperidine rings is 1. The van der Waals surface area contributed by atoms with Gasteiger partial charge in [0.15, 0.2) is 0 Å². The van der Waals surface area contributed by atoms with Crippen molar-refractivity contribution < 1.29 is 14.6 Å². The molecule has 80 valence electrons. The topological polar surface area (TPSA) is 49.8 Å². The van der Waals surface area contributed by atoms with Gasteiger partial charge < -0.3 is 14.7 Å². The summed E-state index contributed by atoms with van der Waals surface area (Å²) >= 11 is 0. The molecule has 0 aromatic heterocycles. The van der Waals surface area contributed by atoms with E-state index in [2.05, 4.69) is 0 Å². The predicted octanol–water partition coefficient (Wildman–Crippen LogP) is 0.00620. The molecule has 2 heterocycles. The van der Waals surface area contributed by atoms with Crippen LogP contribution < -0.4 is 0 Å². The van der Waals surface area contributed by atoms with Gasteiger partial charge in [-0.15, -0.1) is 0 Å². The Balaban J connectivity index is 1.89. The molecule has 2 unspecified atom stereocenters. The lowest BCUT2D eigenvalue weighted by Gasteiger charge is -2.31. The van der Waals surface area contributed by atoms with Crippen LogP contribution in [0, 0.1) is 5.92 Å². The first-order valence-corrected chi connectivity index (χ1v) is 5.32. The van der Waals surface area contributed by atoms with Gasteiger partial charge in [0.1, 0.15) is 0 Å². The number of carbonyl (C=O) groups excluding carboxylic acids is 1. The van der Waals surface area contributed by atoms with E-state index in [-0.39, 0.29) is 17.9 Å². The number of nitrogens with zero attached hydrogens (tertiary/aromatic N) is 1. The maximum absolute atomic E-state index is 11.9. The van der Waals surface area contributed by atoms with E-state index in [9.17, 15) is 9.90 Å². The van der Waals surface area contributed by atoms with Crippen LogP contribution in [0.25, 0.3) is 0 Å². The third-order valence-electron chi connectivity index (χ3n) is 2.99. The first kappa shape index (κ1) is 9.93. The summed E-state index contributed by atoms with van der Waals surface area (Å²) in [6.07, 6.45) is 2.26. The summed E-state index contributed by atoms with van der Waals surface area (Å²) in [5.41, 5.74) is 0. The van der Waals surface area contributed by atoms with Crippen molar-refractivity contribution in [2.75, 3.05) is 26.3 Å². The highest BCUT2D eigenvalue weighted by Crippen LogP contribution is 2.18. The van der Waals surface area contributed by atoms with E-state index in [1.807, 2.05) is 0 Å². The Hall–Kier alpha value is -0.610. The van der Waals surface area contributed by atoms with Crippen molar-refractivity contribution in [3.63, 3.8) is 0 Å². The van der Waals surface area contributed by atoms with Crippen molar-refractivity contribution in [3.8, 4) is 0 Å². The molecule has 4 heteroatoms. The average molecular weight is 199 g/mol. The Bertz CT molecular complexity index is 213. The summed E-state index contributed by atoms with van der Waals surface area (Å²) in [5.74, 6) is 0.210. The molecule has 0 bridgehead atoms. The zero-order chi connectivity index (χ0) is 9.97. The van der Waals surface area contributed by atoms with E-state index in [0.29, 0.717) is 19.8 Å². The second-order valence-electron chi connectivity index (χ2n) is 4.14. The van der Waals surface area contributed by atoms with Crippen LogP contribution in [0.3, 0.4) is 0 Å². The number of hydrogen-bond acceptors (Lipinski definition) is 3. The number of ether oxygens (including phenoxy) is 1. The van der Waals surface area contributed by atoms with Gasteiger partial charge in [-0.3, -0.25) is 4.79 Å². The molecule has 2 aliphatic heterocycles. The van der Waals surface area contributed by atoms with E-state index >= 15 is 0 Å². The molecule has 2 saturated heterocycles. The van der Waals surface area contributed by atoms with Crippen molar-refractivity contribution in [1.29, 1.82) is 0 Å². The van der Waals surface area contributed by atoms with Crippen molar-refractivity contribution in [2.24, 2.45) is 5.92 Å². The van der Waals surface area contributed by atoms with Crippen LogP contribution in [0.1, 0.15) is 19.3 Å². The largest absolute Gasteiger partial charge is 0.391 e. The van der Waals surface area contributed by atoms with Crippen LogP contribution in [-0.4, -0.2) is 48.3 Å². The van der Waals surface area contributed by atoms with E-state index in [1.165, 1.54) is 0 Å². The monoisotopic (exact) mass is 199 g/mol. The molecule has 0 saturated carbocycles. The van der Waals surface area contributed by atoms with Gasteiger partial charge in [-0.1, -0.05) is 0 Å². The average Bonchev–Trinajstić information content (AvgIpc) is 2.69. The van der Waals surface area contributed by atoms with Crippen LogP contribution in [0.5, 0.6) is 0 Å². The first-order valence-electron chi connectivity index (χ1n) is 5.32. The molecule has 0 aromatic rings. The molecule has 0 radical (unpaired) electrons. The van der Waals surface area contributed by atoms with Gasteiger partial charge in [0.25, 0.3) is 0 Å². The summed E-state index contributed by atoms with van der Waals surface area (Å²) in [4.78, 5) is 13.7. The Labute approximate surface area is 83.8 Å². The van der Waals surface area contributed by atoms with Crippen molar-refractivity contribution in [2.45, 2.75) is 25.4 Å². The summed E-state index contributed by atoms with van der Waals surface area (Å²) in [5, 5.41) is 9.45. The lowest BCUT2D eigenvalue weighted by molar-refractivity contribution is -0.138. The number of amides is 1. The second kappa shape index (κ2) is 4.28. The molecule has 2 rings (SSSR count). The Morgan fingerprint density at radius 3 is 2.93 bits per heavy atom. The molecule has 1 N–H and O–H groups in total. The van der Waals surface area contributed by atoms with Gasteiger partial charge in [-0.05, 0) is 19.3 Å². The van der Waals surface area contributed by atoms with Crippen molar-refractivity contribution in [3.05, 3.63) is 0 Å². The number of rotatable bonds is 1. The molecule has 2 fully saturated rings. The normalized spacial score (nSPS) is 33.4. The molecule has 14 heavy (non-hydrogen) atoms. The number of β-amino-alcohol motifs (C(OH)–C–C–N with tert-alkyl or cyclic N) is 1. The fraction of sp³-hybridized carbons (Fsp3) is 0.900.